The van der Waals surface area contributed by atoms with Crippen LogP contribution in [-0.4, -0.2) is 44.6 Å². The van der Waals surface area contributed by atoms with Crippen LogP contribution >= 0.6 is 0 Å². The van der Waals surface area contributed by atoms with Crippen LogP contribution in [0, 0.1) is 0 Å². The summed E-state index contributed by atoms with van der Waals surface area (Å²) < 4.78 is 25.3. The number of anilines is 1. The zero-order valence-corrected chi connectivity index (χ0v) is 13.6. The van der Waals surface area contributed by atoms with Crippen LogP contribution in [0.4, 0.5) is 5.69 Å². The van der Waals surface area contributed by atoms with Gasteiger partial charge in [0, 0.05) is 25.2 Å². The molecule has 1 unspecified atom stereocenters. The molecule has 0 aromatic heterocycles. The van der Waals surface area contributed by atoms with E-state index in [1.165, 1.54) is 4.31 Å². The summed E-state index contributed by atoms with van der Waals surface area (Å²) in [6.07, 6.45) is 1.51. The van der Waals surface area contributed by atoms with Gasteiger partial charge in [0.25, 0.3) is 5.91 Å². The lowest BCUT2D eigenvalue weighted by Crippen LogP contribution is -2.34. The van der Waals surface area contributed by atoms with Crippen LogP contribution in [0.15, 0.2) is 24.3 Å². The number of nitrogens with zero attached hydrogens (tertiary/aromatic N) is 2. The number of rotatable bonds is 4. The van der Waals surface area contributed by atoms with E-state index in [-0.39, 0.29) is 17.7 Å². The first-order chi connectivity index (χ1) is 9.86. The molecule has 1 saturated heterocycles. The maximum atomic E-state index is 12.4. The molecule has 0 aliphatic carbocycles. The van der Waals surface area contributed by atoms with Gasteiger partial charge in [0.05, 0.1) is 11.4 Å². The predicted octanol–water partition coefficient (Wildman–Crippen LogP) is 2.10. The Labute approximate surface area is 126 Å². The highest BCUT2D eigenvalue weighted by Gasteiger charge is 2.29. The first-order valence-electron chi connectivity index (χ1n) is 7.24. The van der Waals surface area contributed by atoms with Crippen LogP contribution in [0.3, 0.4) is 0 Å². The topological polar surface area (TPSA) is 57.7 Å². The van der Waals surface area contributed by atoms with E-state index < -0.39 is 10.0 Å². The highest BCUT2D eigenvalue weighted by molar-refractivity contribution is 7.93. The lowest BCUT2D eigenvalue weighted by Gasteiger charge is -2.24. The van der Waals surface area contributed by atoms with E-state index in [0.29, 0.717) is 24.2 Å². The normalized spacial score (nSPS) is 18.5. The van der Waals surface area contributed by atoms with Crippen molar-refractivity contribution < 1.29 is 13.2 Å². The van der Waals surface area contributed by atoms with Crippen molar-refractivity contribution in [3.63, 3.8) is 0 Å². The molecule has 1 amide bonds. The molecule has 1 aromatic carbocycles. The third-order valence-corrected chi connectivity index (χ3v) is 5.92. The van der Waals surface area contributed by atoms with E-state index in [1.807, 2.05) is 13.8 Å². The number of hydrogen-bond acceptors (Lipinski definition) is 3. The molecule has 1 aromatic rings. The summed E-state index contributed by atoms with van der Waals surface area (Å²) in [4.78, 5) is 14.1. The van der Waals surface area contributed by atoms with Crippen molar-refractivity contribution >= 4 is 21.6 Å². The van der Waals surface area contributed by atoms with Gasteiger partial charge < -0.3 is 4.90 Å². The highest BCUT2D eigenvalue weighted by Crippen LogP contribution is 2.25. The van der Waals surface area contributed by atoms with Crippen molar-refractivity contribution in [2.24, 2.45) is 0 Å². The molecule has 2 rings (SSSR count). The minimum Gasteiger partial charge on any atom is -0.339 e. The highest BCUT2D eigenvalue weighted by atomic mass is 32.2. The summed E-state index contributed by atoms with van der Waals surface area (Å²) in [5, 5.41) is 0. The number of sulfonamides is 1. The Morgan fingerprint density at radius 2 is 2.14 bits per heavy atom. The monoisotopic (exact) mass is 310 g/mol. The standard InChI is InChI=1S/C15H22N2O3S/c1-4-12(2)16(3)15(18)13-7-5-8-14(11-13)17-9-6-10-21(17,19)20/h5,7-8,11-12H,4,6,9-10H2,1-3H3. The number of benzene rings is 1. The van der Waals surface area contributed by atoms with Crippen LogP contribution in [0.2, 0.25) is 0 Å². The van der Waals surface area contributed by atoms with Crippen molar-refractivity contribution in [3.05, 3.63) is 29.8 Å². The Bertz CT molecular complexity index is 628. The Morgan fingerprint density at radius 1 is 1.43 bits per heavy atom. The Kier molecular flexibility index (Phi) is 4.56. The fourth-order valence-electron chi connectivity index (χ4n) is 2.40. The van der Waals surface area contributed by atoms with Crippen LogP contribution in [0.1, 0.15) is 37.0 Å². The number of carbonyl (C=O) groups excluding carboxylic acids is 1. The second kappa shape index (κ2) is 6.05. The largest absolute Gasteiger partial charge is 0.339 e. The smallest absolute Gasteiger partial charge is 0.253 e. The van der Waals surface area contributed by atoms with E-state index >= 15 is 0 Å². The summed E-state index contributed by atoms with van der Waals surface area (Å²) in [6, 6.07) is 7.03. The second-order valence-corrected chi connectivity index (χ2v) is 7.48. The van der Waals surface area contributed by atoms with Crippen molar-refractivity contribution in [2.75, 3.05) is 23.7 Å². The van der Waals surface area contributed by atoms with Gasteiger partial charge in [-0.1, -0.05) is 13.0 Å². The molecule has 1 heterocycles. The zero-order chi connectivity index (χ0) is 15.6. The van der Waals surface area contributed by atoms with E-state index in [0.717, 1.165) is 6.42 Å². The fraction of sp³-hybridized carbons (Fsp3) is 0.533. The van der Waals surface area contributed by atoms with Crippen molar-refractivity contribution in [2.45, 2.75) is 32.7 Å². The molecular weight excluding hydrogens is 288 g/mol. The maximum Gasteiger partial charge on any atom is 0.253 e. The van der Waals surface area contributed by atoms with Gasteiger partial charge in [0.2, 0.25) is 10.0 Å². The summed E-state index contributed by atoms with van der Waals surface area (Å²) in [6.45, 7) is 4.51. The Hall–Kier alpha value is -1.56. The fourth-order valence-corrected chi connectivity index (χ4v) is 3.96. The van der Waals surface area contributed by atoms with E-state index in [1.54, 1.807) is 36.2 Å². The first-order valence-corrected chi connectivity index (χ1v) is 8.85. The molecule has 0 radical (unpaired) electrons. The third kappa shape index (κ3) is 3.20. The van der Waals surface area contributed by atoms with Crippen LogP contribution in [0.5, 0.6) is 0 Å². The lowest BCUT2D eigenvalue weighted by atomic mass is 10.1. The molecule has 116 valence electrons. The quantitative estimate of drug-likeness (QED) is 0.855. The molecule has 5 nitrogen and oxygen atoms in total. The summed E-state index contributed by atoms with van der Waals surface area (Å²) in [7, 11) is -1.44. The van der Waals surface area contributed by atoms with Gasteiger partial charge in [-0.2, -0.15) is 0 Å². The SMILES string of the molecule is CCC(C)N(C)C(=O)c1cccc(N2CCCS2(=O)=O)c1. The number of amides is 1. The van der Waals surface area contributed by atoms with E-state index in [4.69, 9.17) is 0 Å². The van der Waals surface area contributed by atoms with Crippen LogP contribution in [0.25, 0.3) is 0 Å². The maximum absolute atomic E-state index is 12.4. The Balaban J connectivity index is 2.28. The number of carbonyl (C=O) groups is 1. The van der Waals surface area contributed by atoms with Gasteiger partial charge in [0.15, 0.2) is 0 Å². The Morgan fingerprint density at radius 3 is 2.71 bits per heavy atom. The van der Waals surface area contributed by atoms with Gasteiger partial charge in [-0.15, -0.1) is 0 Å². The molecule has 1 aliphatic rings. The van der Waals surface area contributed by atoms with Crippen LogP contribution in [-0.2, 0) is 10.0 Å². The average Bonchev–Trinajstić information content (AvgIpc) is 2.84. The molecule has 0 N–H and O–H groups in total. The van der Waals surface area contributed by atoms with Gasteiger partial charge in [-0.3, -0.25) is 9.10 Å². The van der Waals surface area contributed by atoms with Gasteiger partial charge in [-0.05, 0) is 38.0 Å². The average molecular weight is 310 g/mol. The molecular formula is C15H22N2O3S. The predicted molar refractivity (Wildman–Crippen MR) is 84.0 cm³/mol. The summed E-state index contributed by atoms with van der Waals surface area (Å²) in [5.41, 5.74) is 1.10. The third-order valence-electron chi connectivity index (χ3n) is 4.05. The summed E-state index contributed by atoms with van der Waals surface area (Å²) >= 11 is 0. The van der Waals surface area contributed by atoms with Gasteiger partial charge in [0.1, 0.15) is 0 Å². The molecule has 0 bridgehead atoms. The molecule has 21 heavy (non-hydrogen) atoms. The van der Waals surface area contributed by atoms with Crippen molar-refractivity contribution in [3.8, 4) is 0 Å². The summed E-state index contributed by atoms with van der Waals surface area (Å²) in [5.74, 6) is 0.0978. The molecule has 6 heteroatoms. The van der Waals surface area contributed by atoms with Gasteiger partial charge in [-0.25, -0.2) is 8.42 Å². The molecule has 1 aliphatic heterocycles. The molecule has 0 saturated carbocycles. The van der Waals surface area contributed by atoms with Gasteiger partial charge >= 0.3 is 0 Å². The van der Waals surface area contributed by atoms with Crippen LogP contribution < -0.4 is 4.31 Å². The molecule has 1 fully saturated rings. The molecule has 0 spiro atoms. The zero-order valence-electron chi connectivity index (χ0n) is 12.7. The number of hydrogen-bond donors (Lipinski definition) is 0. The van der Waals surface area contributed by atoms with E-state index in [2.05, 4.69) is 0 Å². The van der Waals surface area contributed by atoms with E-state index in [9.17, 15) is 13.2 Å². The lowest BCUT2D eigenvalue weighted by molar-refractivity contribution is 0.0740. The van der Waals surface area contributed by atoms with Crippen molar-refractivity contribution in [1.29, 1.82) is 0 Å². The second-order valence-electron chi connectivity index (χ2n) is 5.47. The first kappa shape index (κ1) is 15.8. The minimum atomic E-state index is -3.22. The minimum absolute atomic E-state index is 0.0807. The van der Waals surface area contributed by atoms with Crippen molar-refractivity contribution in [1.82, 2.24) is 4.90 Å². The molecule has 1 atom stereocenters.